The van der Waals surface area contributed by atoms with E-state index in [1.807, 2.05) is 30.3 Å². The summed E-state index contributed by atoms with van der Waals surface area (Å²) in [6.45, 7) is 1.18. The molecule has 1 aliphatic carbocycles. The van der Waals surface area contributed by atoms with Crippen LogP contribution < -0.4 is 4.72 Å². The molecule has 1 fully saturated rings. The van der Waals surface area contributed by atoms with Crippen molar-refractivity contribution in [2.24, 2.45) is 5.92 Å². The van der Waals surface area contributed by atoms with Crippen LogP contribution in [0.4, 0.5) is 0 Å². The number of benzene rings is 1. The molecule has 6 heteroatoms. The lowest BCUT2D eigenvalue weighted by atomic mass is 10.0. The largest absolute Gasteiger partial charge is 0.480 e. The molecule has 19 heavy (non-hydrogen) atoms. The molecule has 1 aliphatic rings. The molecule has 2 rings (SSSR count). The molecule has 2 unspecified atom stereocenters. The van der Waals surface area contributed by atoms with Gasteiger partial charge >= 0.3 is 5.97 Å². The van der Waals surface area contributed by atoms with Crippen LogP contribution in [0.25, 0.3) is 0 Å². The second-order valence-electron chi connectivity index (χ2n) is 4.87. The van der Waals surface area contributed by atoms with E-state index < -0.39 is 21.2 Å². The first-order valence-electron chi connectivity index (χ1n) is 6.20. The summed E-state index contributed by atoms with van der Waals surface area (Å²) >= 11 is 0. The predicted molar refractivity (Wildman–Crippen MR) is 71.1 cm³/mol. The Bertz CT molecular complexity index is 551. The van der Waals surface area contributed by atoms with Gasteiger partial charge in [0.25, 0.3) is 0 Å². The van der Waals surface area contributed by atoms with Gasteiger partial charge < -0.3 is 5.11 Å². The number of aliphatic carboxylic acids is 1. The fraction of sp³-hybridized carbons (Fsp3) is 0.462. The van der Waals surface area contributed by atoms with E-state index in [-0.39, 0.29) is 12.0 Å². The highest BCUT2D eigenvalue weighted by Gasteiger charge is 2.37. The molecule has 1 aromatic carbocycles. The van der Waals surface area contributed by atoms with Gasteiger partial charge in [-0.2, -0.15) is 0 Å². The maximum absolute atomic E-state index is 12.0. The van der Waals surface area contributed by atoms with Crippen LogP contribution in [-0.4, -0.2) is 24.7 Å². The van der Waals surface area contributed by atoms with Gasteiger partial charge in [0.15, 0.2) is 5.25 Å². The first kappa shape index (κ1) is 14.0. The Hall–Kier alpha value is -1.40. The molecular formula is C13H17NO4S. The van der Waals surface area contributed by atoms with Crippen LogP contribution in [0.5, 0.6) is 0 Å². The molecule has 0 aromatic heterocycles. The Morgan fingerprint density at radius 2 is 1.89 bits per heavy atom. The molecular weight excluding hydrogens is 266 g/mol. The number of rotatable bonds is 6. The van der Waals surface area contributed by atoms with Gasteiger partial charge in [0, 0.05) is 6.04 Å². The number of carboxylic acid groups (broad SMARTS) is 1. The van der Waals surface area contributed by atoms with Crippen LogP contribution in [0.1, 0.15) is 31.4 Å². The molecule has 0 radical (unpaired) electrons. The van der Waals surface area contributed by atoms with Crippen molar-refractivity contribution in [3.8, 4) is 0 Å². The number of sulfonamides is 1. The predicted octanol–water partition coefficient (Wildman–Crippen LogP) is 1.53. The zero-order chi connectivity index (χ0) is 14.0. The smallest absolute Gasteiger partial charge is 0.323 e. The first-order valence-corrected chi connectivity index (χ1v) is 7.75. The van der Waals surface area contributed by atoms with Gasteiger partial charge in [-0.15, -0.1) is 0 Å². The highest BCUT2D eigenvalue weighted by Crippen LogP contribution is 2.41. The maximum Gasteiger partial charge on any atom is 0.323 e. The quantitative estimate of drug-likeness (QED) is 0.829. The summed E-state index contributed by atoms with van der Waals surface area (Å²) in [6.07, 6.45) is 1.92. The zero-order valence-corrected chi connectivity index (χ0v) is 11.4. The van der Waals surface area contributed by atoms with Crippen molar-refractivity contribution < 1.29 is 18.3 Å². The SMILES string of the molecule is CC(C(=O)O)S(=O)(=O)NC(c1ccccc1)C1CC1. The van der Waals surface area contributed by atoms with E-state index in [1.54, 1.807) is 0 Å². The van der Waals surface area contributed by atoms with Crippen LogP contribution in [0.2, 0.25) is 0 Å². The Morgan fingerprint density at radius 1 is 1.32 bits per heavy atom. The molecule has 0 spiro atoms. The Labute approximate surface area is 112 Å². The van der Waals surface area contributed by atoms with E-state index in [1.165, 1.54) is 6.92 Å². The first-order chi connectivity index (χ1) is 8.92. The average Bonchev–Trinajstić information content (AvgIpc) is 3.20. The van der Waals surface area contributed by atoms with Gasteiger partial charge in [-0.25, -0.2) is 13.1 Å². The summed E-state index contributed by atoms with van der Waals surface area (Å²) in [6, 6.07) is 8.95. The topological polar surface area (TPSA) is 83.5 Å². The van der Waals surface area contributed by atoms with E-state index in [2.05, 4.69) is 4.72 Å². The molecule has 104 valence electrons. The van der Waals surface area contributed by atoms with E-state index in [0.29, 0.717) is 0 Å². The van der Waals surface area contributed by atoms with Crippen molar-refractivity contribution in [1.29, 1.82) is 0 Å². The second kappa shape index (κ2) is 5.30. The third kappa shape index (κ3) is 3.33. The molecule has 0 saturated heterocycles. The molecule has 2 atom stereocenters. The maximum atomic E-state index is 12.0. The van der Waals surface area contributed by atoms with Crippen molar-refractivity contribution >= 4 is 16.0 Å². The van der Waals surface area contributed by atoms with Gasteiger partial charge in [-0.05, 0) is 31.2 Å². The Morgan fingerprint density at radius 3 is 2.37 bits per heavy atom. The summed E-state index contributed by atoms with van der Waals surface area (Å²) in [5, 5.41) is 7.39. The van der Waals surface area contributed by atoms with Gasteiger partial charge in [0.05, 0.1) is 0 Å². The lowest BCUT2D eigenvalue weighted by molar-refractivity contribution is -0.136. The van der Waals surface area contributed by atoms with Crippen molar-refractivity contribution in [2.45, 2.75) is 31.1 Å². The number of carbonyl (C=O) groups is 1. The standard InChI is InChI=1S/C13H17NO4S/c1-9(13(15)16)19(17,18)14-12(11-7-8-11)10-5-3-2-4-6-10/h2-6,9,11-12,14H,7-8H2,1H3,(H,15,16). The van der Waals surface area contributed by atoms with E-state index in [0.717, 1.165) is 18.4 Å². The molecule has 2 N–H and O–H groups in total. The fourth-order valence-corrected chi connectivity index (χ4v) is 3.09. The van der Waals surface area contributed by atoms with Crippen molar-refractivity contribution in [3.63, 3.8) is 0 Å². The van der Waals surface area contributed by atoms with Gasteiger partial charge in [0.2, 0.25) is 10.0 Å². The third-order valence-electron chi connectivity index (χ3n) is 3.36. The molecule has 5 nitrogen and oxygen atoms in total. The van der Waals surface area contributed by atoms with Crippen LogP contribution >= 0.6 is 0 Å². The van der Waals surface area contributed by atoms with E-state index >= 15 is 0 Å². The van der Waals surface area contributed by atoms with E-state index in [4.69, 9.17) is 5.11 Å². The minimum Gasteiger partial charge on any atom is -0.480 e. The summed E-state index contributed by atoms with van der Waals surface area (Å²) in [5.74, 6) is -1.08. The number of carboxylic acids is 1. The lowest BCUT2D eigenvalue weighted by Crippen LogP contribution is -2.40. The van der Waals surface area contributed by atoms with Crippen LogP contribution in [0.15, 0.2) is 30.3 Å². The molecule has 0 amide bonds. The second-order valence-corrected chi connectivity index (χ2v) is 6.90. The lowest BCUT2D eigenvalue weighted by Gasteiger charge is -2.20. The summed E-state index contributed by atoms with van der Waals surface area (Å²) in [4.78, 5) is 10.8. The monoisotopic (exact) mass is 283 g/mol. The van der Waals surface area contributed by atoms with Gasteiger partial charge in [-0.3, -0.25) is 4.79 Å². The minimum absolute atomic E-state index is 0.262. The molecule has 0 bridgehead atoms. The number of hydrogen-bond donors (Lipinski definition) is 2. The number of nitrogens with one attached hydrogen (secondary N) is 1. The van der Waals surface area contributed by atoms with Gasteiger partial charge in [-0.1, -0.05) is 30.3 Å². The third-order valence-corrected chi connectivity index (χ3v) is 5.07. The molecule has 1 saturated carbocycles. The number of hydrogen-bond acceptors (Lipinski definition) is 3. The van der Waals surface area contributed by atoms with Crippen LogP contribution in [0.3, 0.4) is 0 Å². The highest BCUT2D eigenvalue weighted by molar-refractivity contribution is 7.90. The van der Waals surface area contributed by atoms with Crippen molar-refractivity contribution in [3.05, 3.63) is 35.9 Å². The van der Waals surface area contributed by atoms with Crippen LogP contribution in [0, 0.1) is 5.92 Å². The molecule has 0 heterocycles. The average molecular weight is 283 g/mol. The summed E-state index contributed by atoms with van der Waals surface area (Å²) in [7, 11) is -3.86. The Balaban J connectivity index is 2.21. The zero-order valence-electron chi connectivity index (χ0n) is 10.6. The minimum atomic E-state index is -3.86. The molecule has 1 aromatic rings. The Kier molecular flexibility index (Phi) is 3.91. The highest BCUT2D eigenvalue weighted by atomic mass is 32.2. The van der Waals surface area contributed by atoms with Crippen molar-refractivity contribution in [1.82, 2.24) is 4.72 Å². The van der Waals surface area contributed by atoms with Crippen LogP contribution in [-0.2, 0) is 14.8 Å². The fourth-order valence-electron chi connectivity index (χ4n) is 1.94. The van der Waals surface area contributed by atoms with Gasteiger partial charge in [0.1, 0.15) is 0 Å². The normalized spacial score (nSPS) is 18.8. The van der Waals surface area contributed by atoms with Crippen molar-refractivity contribution in [2.75, 3.05) is 0 Å². The molecule has 0 aliphatic heterocycles. The summed E-state index contributed by atoms with van der Waals surface area (Å²) in [5.41, 5.74) is 0.881. The summed E-state index contributed by atoms with van der Waals surface area (Å²) < 4.78 is 26.5. The van der Waals surface area contributed by atoms with E-state index in [9.17, 15) is 13.2 Å².